The number of benzene rings is 1. The highest BCUT2D eigenvalue weighted by Gasteiger charge is 2.39. The summed E-state index contributed by atoms with van der Waals surface area (Å²) in [6.45, 7) is 1.59. The number of carboxylic acid groups (broad SMARTS) is 1. The van der Waals surface area contributed by atoms with E-state index in [0.29, 0.717) is 6.42 Å². The van der Waals surface area contributed by atoms with Gasteiger partial charge in [-0.25, -0.2) is 8.78 Å². The van der Waals surface area contributed by atoms with E-state index < -0.39 is 28.6 Å². The summed E-state index contributed by atoms with van der Waals surface area (Å²) in [4.78, 5) is 11.3. The Morgan fingerprint density at radius 3 is 2.35 bits per heavy atom. The van der Waals surface area contributed by atoms with Gasteiger partial charge in [-0.3, -0.25) is 4.79 Å². The van der Waals surface area contributed by atoms with E-state index in [4.69, 9.17) is 5.73 Å². The van der Waals surface area contributed by atoms with Crippen molar-refractivity contribution in [2.75, 3.05) is 6.54 Å². The van der Waals surface area contributed by atoms with Gasteiger partial charge in [-0.15, -0.1) is 0 Å². The number of carbonyl (C=O) groups is 1. The number of hydrogen-bond donors (Lipinski definition) is 2. The van der Waals surface area contributed by atoms with E-state index in [-0.39, 0.29) is 13.0 Å². The van der Waals surface area contributed by atoms with Crippen LogP contribution in [0.15, 0.2) is 18.2 Å². The van der Waals surface area contributed by atoms with Crippen LogP contribution in [0.3, 0.4) is 0 Å². The van der Waals surface area contributed by atoms with Gasteiger partial charge in [0.15, 0.2) is 0 Å². The summed E-state index contributed by atoms with van der Waals surface area (Å²) in [6.07, 6.45) is 0.479. The fourth-order valence-electron chi connectivity index (χ4n) is 1.82. The summed E-state index contributed by atoms with van der Waals surface area (Å²) in [5, 5.41) is 9.19. The molecule has 1 aromatic carbocycles. The molecule has 1 aromatic rings. The SMILES string of the molecule is CC(CCCN)(C(=O)O)c1c(F)cccc1F. The predicted molar refractivity (Wildman–Crippen MR) is 59.6 cm³/mol. The van der Waals surface area contributed by atoms with Gasteiger partial charge in [0.25, 0.3) is 0 Å². The fraction of sp³-hybridized carbons (Fsp3) is 0.417. The average Bonchev–Trinajstić information content (AvgIpc) is 2.25. The van der Waals surface area contributed by atoms with E-state index in [1.54, 1.807) is 0 Å². The van der Waals surface area contributed by atoms with Crippen LogP contribution in [0.2, 0.25) is 0 Å². The minimum atomic E-state index is -1.59. The maximum Gasteiger partial charge on any atom is 0.314 e. The molecule has 0 aromatic heterocycles. The zero-order chi connectivity index (χ0) is 13.1. The van der Waals surface area contributed by atoms with Crippen molar-refractivity contribution >= 4 is 5.97 Å². The van der Waals surface area contributed by atoms with Crippen LogP contribution in [0, 0.1) is 11.6 Å². The number of carboxylic acids is 1. The molecule has 3 N–H and O–H groups in total. The maximum atomic E-state index is 13.6. The molecular formula is C12H15F2NO2. The molecule has 0 bridgehead atoms. The van der Waals surface area contributed by atoms with Gasteiger partial charge >= 0.3 is 5.97 Å². The summed E-state index contributed by atoms with van der Waals surface area (Å²) >= 11 is 0. The standard InChI is InChI=1S/C12H15F2NO2/c1-12(11(16)17,6-3-7-15)10-8(13)4-2-5-9(10)14/h2,4-5H,3,6-7,15H2,1H3,(H,16,17). The highest BCUT2D eigenvalue weighted by molar-refractivity contribution is 5.81. The van der Waals surface area contributed by atoms with Crippen LogP contribution >= 0.6 is 0 Å². The van der Waals surface area contributed by atoms with Crippen molar-refractivity contribution in [1.82, 2.24) is 0 Å². The first-order valence-corrected chi connectivity index (χ1v) is 5.31. The van der Waals surface area contributed by atoms with Gasteiger partial charge in [0, 0.05) is 5.56 Å². The van der Waals surface area contributed by atoms with Gasteiger partial charge in [0.05, 0.1) is 5.41 Å². The molecule has 0 aliphatic rings. The molecule has 0 radical (unpaired) electrons. The van der Waals surface area contributed by atoms with E-state index in [1.807, 2.05) is 0 Å². The summed E-state index contributed by atoms with van der Waals surface area (Å²) in [5.41, 5.74) is 3.32. The number of rotatable bonds is 5. The summed E-state index contributed by atoms with van der Waals surface area (Å²) < 4.78 is 27.2. The van der Waals surface area contributed by atoms with E-state index in [0.717, 1.165) is 12.1 Å². The van der Waals surface area contributed by atoms with Gasteiger partial charge in [-0.2, -0.15) is 0 Å². The number of aliphatic carboxylic acids is 1. The molecule has 1 rings (SSSR count). The minimum absolute atomic E-state index is 0.0939. The molecule has 0 aliphatic heterocycles. The van der Waals surface area contributed by atoms with Gasteiger partial charge in [-0.1, -0.05) is 6.07 Å². The molecule has 0 saturated carbocycles. The van der Waals surface area contributed by atoms with Crippen molar-refractivity contribution in [2.45, 2.75) is 25.2 Å². The van der Waals surface area contributed by atoms with E-state index in [9.17, 15) is 18.7 Å². The molecular weight excluding hydrogens is 228 g/mol. The second-order valence-corrected chi connectivity index (χ2v) is 4.13. The lowest BCUT2D eigenvalue weighted by Crippen LogP contribution is -2.35. The molecule has 5 heteroatoms. The number of halogens is 2. The van der Waals surface area contributed by atoms with Crippen molar-refractivity contribution in [2.24, 2.45) is 5.73 Å². The molecule has 0 spiro atoms. The van der Waals surface area contributed by atoms with Crippen LogP contribution in [-0.2, 0) is 10.2 Å². The van der Waals surface area contributed by atoms with Gasteiger partial charge in [0.2, 0.25) is 0 Å². The van der Waals surface area contributed by atoms with Crippen LogP contribution < -0.4 is 5.73 Å². The third kappa shape index (κ3) is 2.61. The Kier molecular flexibility index (Phi) is 4.17. The van der Waals surface area contributed by atoms with Gasteiger partial charge < -0.3 is 10.8 Å². The predicted octanol–water partition coefficient (Wildman–Crippen LogP) is 2.05. The molecule has 0 heterocycles. The summed E-state index contributed by atoms with van der Waals surface area (Å²) in [7, 11) is 0. The van der Waals surface area contributed by atoms with E-state index >= 15 is 0 Å². The van der Waals surface area contributed by atoms with Crippen molar-refractivity contribution in [3.8, 4) is 0 Å². The molecule has 94 valence electrons. The lowest BCUT2D eigenvalue weighted by molar-refractivity contribution is -0.143. The summed E-state index contributed by atoms with van der Waals surface area (Å²) in [6, 6.07) is 3.32. The molecule has 17 heavy (non-hydrogen) atoms. The van der Waals surface area contributed by atoms with Crippen molar-refractivity contribution in [1.29, 1.82) is 0 Å². The average molecular weight is 243 g/mol. The third-order valence-electron chi connectivity index (χ3n) is 2.87. The zero-order valence-electron chi connectivity index (χ0n) is 9.54. The lowest BCUT2D eigenvalue weighted by atomic mass is 9.78. The second kappa shape index (κ2) is 5.23. The Labute approximate surface area is 98.2 Å². The second-order valence-electron chi connectivity index (χ2n) is 4.13. The third-order valence-corrected chi connectivity index (χ3v) is 2.87. The van der Waals surface area contributed by atoms with Crippen LogP contribution in [0.4, 0.5) is 8.78 Å². The first kappa shape index (κ1) is 13.6. The Balaban J connectivity index is 3.27. The van der Waals surface area contributed by atoms with Crippen LogP contribution in [0.5, 0.6) is 0 Å². The molecule has 0 saturated heterocycles. The smallest absolute Gasteiger partial charge is 0.314 e. The Bertz CT molecular complexity index is 403. The highest BCUT2D eigenvalue weighted by atomic mass is 19.1. The zero-order valence-corrected chi connectivity index (χ0v) is 9.54. The number of nitrogens with two attached hydrogens (primary N) is 1. The maximum absolute atomic E-state index is 13.6. The Hall–Kier alpha value is -1.49. The molecule has 0 aliphatic carbocycles. The number of hydrogen-bond acceptors (Lipinski definition) is 2. The molecule has 0 amide bonds. The molecule has 3 nitrogen and oxygen atoms in total. The van der Waals surface area contributed by atoms with Crippen LogP contribution in [0.25, 0.3) is 0 Å². The fourth-order valence-corrected chi connectivity index (χ4v) is 1.82. The van der Waals surface area contributed by atoms with Crippen LogP contribution in [-0.4, -0.2) is 17.6 Å². The monoisotopic (exact) mass is 243 g/mol. The van der Waals surface area contributed by atoms with Gasteiger partial charge in [0.1, 0.15) is 11.6 Å². The van der Waals surface area contributed by atoms with Crippen molar-refractivity contribution < 1.29 is 18.7 Å². The minimum Gasteiger partial charge on any atom is -0.481 e. The first-order valence-electron chi connectivity index (χ1n) is 5.31. The molecule has 0 fully saturated rings. The quantitative estimate of drug-likeness (QED) is 0.831. The largest absolute Gasteiger partial charge is 0.481 e. The van der Waals surface area contributed by atoms with Gasteiger partial charge in [-0.05, 0) is 38.4 Å². The topological polar surface area (TPSA) is 63.3 Å². The Morgan fingerprint density at radius 1 is 1.41 bits per heavy atom. The highest BCUT2D eigenvalue weighted by Crippen LogP contribution is 2.33. The lowest BCUT2D eigenvalue weighted by Gasteiger charge is -2.26. The molecule has 1 atom stereocenters. The van der Waals surface area contributed by atoms with E-state index in [2.05, 4.69) is 0 Å². The van der Waals surface area contributed by atoms with Crippen molar-refractivity contribution in [3.05, 3.63) is 35.4 Å². The first-order chi connectivity index (χ1) is 7.93. The van der Waals surface area contributed by atoms with E-state index in [1.165, 1.54) is 13.0 Å². The normalized spacial score (nSPS) is 14.4. The van der Waals surface area contributed by atoms with Crippen LogP contribution in [0.1, 0.15) is 25.3 Å². The summed E-state index contributed by atoms with van der Waals surface area (Å²) in [5.74, 6) is -2.94. The van der Waals surface area contributed by atoms with Crippen molar-refractivity contribution in [3.63, 3.8) is 0 Å². The Morgan fingerprint density at radius 2 is 1.94 bits per heavy atom. The molecule has 1 unspecified atom stereocenters.